The summed E-state index contributed by atoms with van der Waals surface area (Å²) < 4.78 is 33.7. The molecule has 4 rings (SSSR count). The maximum Gasteiger partial charge on any atom is 0.268 e. The van der Waals surface area contributed by atoms with Crippen LogP contribution in [0.1, 0.15) is 23.1 Å². The Morgan fingerprint density at radius 2 is 1.58 bits per heavy atom. The minimum atomic E-state index is -3.66. The van der Waals surface area contributed by atoms with Gasteiger partial charge in [0.2, 0.25) is 0 Å². The topological polar surface area (TPSA) is 48.3 Å². The fourth-order valence-electron chi connectivity index (χ4n) is 3.76. The van der Waals surface area contributed by atoms with Crippen molar-refractivity contribution in [3.05, 3.63) is 94.6 Å². The third kappa shape index (κ3) is 4.34. The molecule has 0 amide bonds. The van der Waals surface area contributed by atoms with E-state index < -0.39 is 10.0 Å². The van der Waals surface area contributed by atoms with E-state index >= 15 is 0 Å². The molecule has 6 heteroatoms. The third-order valence-electron chi connectivity index (χ3n) is 5.33. The molecule has 160 valence electrons. The zero-order valence-corrected chi connectivity index (χ0v) is 19.1. The first kappa shape index (κ1) is 21.5. The molecule has 3 aromatic carbocycles. The van der Waals surface area contributed by atoms with E-state index in [0.29, 0.717) is 18.5 Å². The number of fused-ring (bicyclic) bond motifs is 1. The van der Waals surface area contributed by atoms with Gasteiger partial charge in [-0.2, -0.15) is 0 Å². The summed E-state index contributed by atoms with van der Waals surface area (Å²) in [7, 11) is -3.66. The van der Waals surface area contributed by atoms with Crippen LogP contribution in [0.15, 0.2) is 77.8 Å². The van der Waals surface area contributed by atoms with Crippen molar-refractivity contribution in [1.29, 1.82) is 0 Å². The molecular formula is C25H24ClNO3S. The molecule has 0 aliphatic heterocycles. The lowest BCUT2D eigenvalue weighted by Gasteiger charge is -2.10. The Labute approximate surface area is 188 Å². The molecule has 1 aromatic heterocycles. The Morgan fingerprint density at radius 3 is 2.29 bits per heavy atom. The molecule has 0 saturated carbocycles. The summed E-state index contributed by atoms with van der Waals surface area (Å²) in [6.45, 7) is 4.46. The second-order valence-corrected chi connectivity index (χ2v) is 9.80. The number of aromatic nitrogens is 1. The highest BCUT2D eigenvalue weighted by Crippen LogP contribution is 2.28. The highest BCUT2D eigenvalue weighted by molar-refractivity contribution is 7.90. The maximum atomic E-state index is 13.2. The molecule has 0 spiro atoms. The first-order valence-electron chi connectivity index (χ1n) is 10.2. The Kier molecular flexibility index (Phi) is 6.08. The Hall–Kier alpha value is -2.76. The molecule has 0 fully saturated rings. The van der Waals surface area contributed by atoms with E-state index in [9.17, 15) is 8.42 Å². The van der Waals surface area contributed by atoms with Gasteiger partial charge in [0, 0.05) is 16.6 Å². The van der Waals surface area contributed by atoms with Gasteiger partial charge in [-0.05, 0) is 73.7 Å². The van der Waals surface area contributed by atoms with Gasteiger partial charge in [-0.25, -0.2) is 12.4 Å². The quantitative estimate of drug-likeness (QED) is 0.315. The summed E-state index contributed by atoms with van der Waals surface area (Å²) in [6, 6.07) is 20.0. The molecular weight excluding hydrogens is 430 g/mol. The average Bonchev–Trinajstić information content (AvgIpc) is 3.15. The number of aryl methyl sites for hydroxylation is 3. The molecule has 4 nitrogen and oxygen atoms in total. The summed E-state index contributed by atoms with van der Waals surface area (Å²) in [4.78, 5) is 0.277. The van der Waals surface area contributed by atoms with Crippen molar-refractivity contribution in [1.82, 2.24) is 3.97 Å². The van der Waals surface area contributed by atoms with Crippen LogP contribution in [0.2, 0.25) is 5.02 Å². The van der Waals surface area contributed by atoms with Crippen LogP contribution in [0.4, 0.5) is 0 Å². The monoisotopic (exact) mass is 453 g/mol. The van der Waals surface area contributed by atoms with Crippen molar-refractivity contribution in [3.8, 4) is 5.75 Å². The van der Waals surface area contributed by atoms with Crippen LogP contribution in [0.3, 0.4) is 0 Å². The van der Waals surface area contributed by atoms with Crippen molar-refractivity contribution in [2.45, 2.75) is 31.6 Å². The molecule has 0 aliphatic carbocycles. The van der Waals surface area contributed by atoms with Crippen molar-refractivity contribution in [3.63, 3.8) is 0 Å². The first-order chi connectivity index (χ1) is 14.9. The zero-order chi connectivity index (χ0) is 22.0. The van der Waals surface area contributed by atoms with Crippen LogP contribution in [0.25, 0.3) is 10.9 Å². The number of benzene rings is 3. The standard InChI is InChI=1S/C25H24ClNO3S/c1-18-15-21(16-19(2)25(18)26)30-14-8-9-20-17-27(24-13-7-6-12-23(20)24)31(28,29)22-10-4-3-5-11-22/h3-7,10-13,15-17H,8-9,14H2,1-2H3. The molecule has 0 unspecified atom stereocenters. The van der Waals surface area contributed by atoms with E-state index in [1.54, 1.807) is 30.5 Å². The van der Waals surface area contributed by atoms with Crippen molar-refractivity contribution in [2.75, 3.05) is 6.61 Å². The van der Waals surface area contributed by atoms with Crippen molar-refractivity contribution < 1.29 is 13.2 Å². The molecule has 0 aliphatic rings. The lowest BCUT2D eigenvalue weighted by molar-refractivity contribution is 0.311. The predicted octanol–water partition coefficient (Wildman–Crippen LogP) is 6.16. The van der Waals surface area contributed by atoms with Gasteiger partial charge in [0.1, 0.15) is 5.75 Å². The fraction of sp³-hybridized carbons (Fsp3) is 0.200. The van der Waals surface area contributed by atoms with Crippen molar-refractivity contribution in [2.24, 2.45) is 0 Å². The van der Waals surface area contributed by atoms with Gasteiger partial charge in [0.25, 0.3) is 10.0 Å². The second-order valence-electron chi connectivity index (χ2n) is 7.61. The molecule has 31 heavy (non-hydrogen) atoms. The van der Waals surface area contributed by atoms with Crippen LogP contribution in [-0.2, 0) is 16.4 Å². The smallest absolute Gasteiger partial charge is 0.268 e. The number of hydrogen-bond acceptors (Lipinski definition) is 3. The fourth-order valence-corrected chi connectivity index (χ4v) is 5.29. The lowest BCUT2D eigenvalue weighted by atomic mass is 10.1. The van der Waals surface area contributed by atoms with Crippen molar-refractivity contribution >= 4 is 32.5 Å². The van der Waals surface area contributed by atoms with E-state index in [1.165, 1.54) is 3.97 Å². The van der Waals surface area contributed by atoms with Gasteiger partial charge in [-0.3, -0.25) is 0 Å². The Bertz CT molecular complexity index is 1300. The third-order valence-corrected chi connectivity index (χ3v) is 7.61. The van der Waals surface area contributed by atoms with E-state index in [4.69, 9.17) is 16.3 Å². The Balaban J connectivity index is 1.54. The van der Waals surface area contributed by atoms with E-state index in [1.807, 2.05) is 56.3 Å². The number of nitrogens with zero attached hydrogens (tertiary/aromatic N) is 1. The largest absolute Gasteiger partial charge is 0.494 e. The summed E-state index contributed by atoms with van der Waals surface area (Å²) in [6.07, 6.45) is 3.22. The van der Waals surface area contributed by atoms with E-state index in [2.05, 4.69) is 0 Å². The van der Waals surface area contributed by atoms with Crippen LogP contribution in [0.5, 0.6) is 5.75 Å². The van der Waals surface area contributed by atoms with Gasteiger partial charge in [-0.1, -0.05) is 48.0 Å². The first-order valence-corrected chi connectivity index (χ1v) is 12.0. The van der Waals surface area contributed by atoms with Gasteiger partial charge in [-0.15, -0.1) is 0 Å². The predicted molar refractivity (Wildman–Crippen MR) is 126 cm³/mol. The van der Waals surface area contributed by atoms with Gasteiger partial charge < -0.3 is 4.74 Å². The van der Waals surface area contributed by atoms with E-state index in [-0.39, 0.29) is 4.90 Å². The van der Waals surface area contributed by atoms with Gasteiger partial charge in [0.15, 0.2) is 0 Å². The van der Waals surface area contributed by atoms with E-state index in [0.717, 1.165) is 39.3 Å². The number of ether oxygens (including phenoxy) is 1. The summed E-state index contributed by atoms with van der Waals surface area (Å²) in [5.41, 5.74) is 3.66. The molecule has 0 N–H and O–H groups in total. The van der Waals surface area contributed by atoms with Gasteiger partial charge in [0.05, 0.1) is 17.0 Å². The summed E-state index contributed by atoms with van der Waals surface area (Å²) in [5.74, 6) is 0.800. The second kappa shape index (κ2) is 8.77. The minimum absolute atomic E-state index is 0.277. The number of hydrogen-bond donors (Lipinski definition) is 0. The zero-order valence-electron chi connectivity index (χ0n) is 17.5. The number of para-hydroxylation sites is 1. The molecule has 0 atom stereocenters. The maximum absolute atomic E-state index is 13.2. The Morgan fingerprint density at radius 1 is 0.935 bits per heavy atom. The average molecular weight is 454 g/mol. The van der Waals surface area contributed by atoms with Crippen LogP contribution in [-0.4, -0.2) is 19.0 Å². The van der Waals surface area contributed by atoms with Gasteiger partial charge >= 0.3 is 0 Å². The van der Waals surface area contributed by atoms with Crippen LogP contribution in [0, 0.1) is 13.8 Å². The molecule has 0 saturated heterocycles. The highest BCUT2D eigenvalue weighted by atomic mass is 35.5. The highest BCUT2D eigenvalue weighted by Gasteiger charge is 2.20. The molecule has 1 heterocycles. The van der Waals surface area contributed by atoms with Crippen LogP contribution >= 0.6 is 11.6 Å². The molecule has 0 radical (unpaired) electrons. The molecule has 0 bridgehead atoms. The molecule has 4 aromatic rings. The lowest BCUT2D eigenvalue weighted by Crippen LogP contribution is -2.11. The summed E-state index contributed by atoms with van der Waals surface area (Å²) in [5, 5.41) is 1.71. The normalized spacial score (nSPS) is 11.7. The summed E-state index contributed by atoms with van der Waals surface area (Å²) >= 11 is 6.22. The minimum Gasteiger partial charge on any atom is -0.494 e. The number of halogens is 1. The SMILES string of the molecule is Cc1cc(OCCCc2cn(S(=O)(=O)c3ccccc3)c3ccccc23)cc(C)c1Cl. The van der Waals surface area contributed by atoms with Crippen LogP contribution < -0.4 is 4.74 Å². The number of rotatable bonds is 7.